The van der Waals surface area contributed by atoms with Crippen LogP contribution < -0.4 is 19.6 Å². The Morgan fingerprint density at radius 2 is 1.15 bits per heavy atom. The number of hydrogen-bond acceptors (Lipinski definition) is 20. The summed E-state index contributed by atoms with van der Waals surface area (Å²) in [6.45, 7) is 1.96. The molecule has 6 rings (SSSR count). The quantitative estimate of drug-likeness (QED) is 0.106. The van der Waals surface area contributed by atoms with Crippen LogP contribution in [0.25, 0.3) is 22.3 Å². The van der Waals surface area contributed by atoms with Crippen molar-refractivity contribution in [1.29, 1.82) is 0 Å². The third-order valence-corrected chi connectivity index (χ3v) is 9.31. The minimum atomic E-state index is -1.99. The fourth-order valence-electron chi connectivity index (χ4n) is 6.16. The first-order valence-electron chi connectivity index (χ1n) is 16.4. The number of phenols is 2. The van der Waals surface area contributed by atoms with Gasteiger partial charge in [0, 0.05) is 17.7 Å². The van der Waals surface area contributed by atoms with Gasteiger partial charge in [0.15, 0.2) is 17.3 Å². The molecule has 3 aliphatic rings. The van der Waals surface area contributed by atoms with Crippen LogP contribution in [0.5, 0.6) is 28.7 Å². The van der Waals surface area contributed by atoms with Gasteiger partial charge in [0.05, 0.1) is 18.8 Å². The van der Waals surface area contributed by atoms with Crippen molar-refractivity contribution in [2.45, 2.75) is 106 Å². The highest BCUT2D eigenvalue weighted by Gasteiger charge is 2.47. The van der Waals surface area contributed by atoms with Crippen LogP contribution in [0.2, 0.25) is 0 Å². The van der Waals surface area contributed by atoms with Crippen molar-refractivity contribution in [2.24, 2.45) is 0 Å². The van der Waals surface area contributed by atoms with E-state index in [2.05, 4.69) is 0 Å². The first-order chi connectivity index (χ1) is 25.0. The number of phenolic OH excluding ortho intramolecular Hbond substituents is 2. The molecule has 3 fully saturated rings. The standard InChI is InChI=1S/C33H40O20/c1-9-19(37)23(41)26(44)31(47-9)50-14-4-3-11(5-15(14)51-32-27(45)24(42)20(38)10(2)48-32)29-30(22(40)18-13(36)6-12(35)7-16(18)49-29)53-33-28(46)25(43)21(39)17(8-34)52-33/h3-7,9-10,17,19-21,23-28,31-39,41-46H,8H2,1-2H3. The Kier molecular flexibility index (Phi) is 11.1. The largest absolute Gasteiger partial charge is 0.508 e. The summed E-state index contributed by atoms with van der Waals surface area (Å²) in [4.78, 5) is 14.0. The lowest BCUT2D eigenvalue weighted by Crippen LogP contribution is -2.60. The predicted octanol–water partition coefficient (Wildman–Crippen LogP) is -3.54. The number of ether oxygens (including phenoxy) is 6. The summed E-state index contributed by atoms with van der Waals surface area (Å²) in [5.74, 6) is -3.14. The highest BCUT2D eigenvalue weighted by Crippen LogP contribution is 2.42. The molecule has 0 amide bonds. The maximum absolute atomic E-state index is 14.0. The molecule has 12 N–H and O–H groups in total. The fraction of sp³-hybridized carbons (Fsp3) is 0.545. The third kappa shape index (κ3) is 7.22. The topological polar surface area (TPSA) is 328 Å². The van der Waals surface area contributed by atoms with Gasteiger partial charge in [0.1, 0.15) is 83.5 Å². The molecule has 0 bridgehead atoms. The van der Waals surface area contributed by atoms with Gasteiger partial charge in [-0.3, -0.25) is 4.79 Å². The van der Waals surface area contributed by atoms with Gasteiger partial charge in [0.2, 0.25) is 30.0 Å². The zero-order valence-electron chi connectivity index (χ0n) is 27.9. The molecule has 0 saturated carbocycles. The number of benzene rings is 2. The van der Waals surface area contributed by atoms with Crippen molar-refractivity contribution in [3.05, 3.63) is 40.6 Å². The van der Waals surface area contributed by atoms with Gasteiger partial charge in [0.25, 0.3) is 0 Å². The van der Waals surface area contributed by atoms with Crippen LogP contribution in [-0.2, 0) is 14.2 Å². The van der Waals surface area contributed by atoms with E-state index in [-0.39, 0.29) is 22.6 Å². The van der Waals surface area contributed by atoms with Gasteiger partial charge >= 0.3 is 0 Å². The number of aliphatic hydroxyl groups excluding tert-OH is 10. The Morgan fingerprint density at radius 1 is 0.623 bits per heavy atom. The molecule has 20 nitrogen and oxygen atoms in total. The first kappa shape index (κ1) is 38.8. The number of aromatic hydroxyl groups is 2. The number of rotatable bonds is 8. The van der Waals surface area contributed by atoms with Gasteiger partial charge in [-0.05, 0) is 32.0 Å². The van der Waals surface area contributed by atoms with Crippen LogP contribution in [0.1, 0.15) is 13.8 Å². The summed E-state index contributed by atoms with van der Waals surface area (Å²) in [5.41, 5.74) is -1.58. The number of aliphatic hydroxyl groups is 10. The van der Waals surface area contributed by atoms with Crippen LogP contribution in [-0.4, -0.2) is 160 Å². The normalized spacial score (nSPS) is 37.7. The summed E-state index contributed by atoms with van der Waals surface area (Å²) in [6.07, 6.45) is -24.5. The molecular formula is C33H40O20. The summed E-state index contributed by atoms with van der Waals surface area (Å²) in [5, 5.41) is 124. The van der Waals surface area contributed by atoms with E-state index in [4.69, 9.17) is 32.8 Å². The SMILES string of the molecule is CC1OC(Oc2ccc(-c3oc4cc(O)cc(O)c4c(=O)c3OC3OC(CO)C(O)C(O)C3O)cc2OC2OC(C)C(O)C(O)C2O)C(O)C(O)C1O. The molecule has 4 heterocycles. The van der Waals surface area contributed by atoms with E-state index >= 15 is 0 Å². The lowest BCUT2D eigenvalue weighted by atomic mass is 9.99. The first-order valence-corrected chi connectivity index (χ1v) is 16.4. The fourth-order valence-corrected chi connectivity index (χ4v) is 6.16. The number of fused-ring (bicyclic) bond motifs is 1. The zero-order chi connectivity index (χ0) is 38.6. The highest BCUT2D eigenvalue weighted by molar-refractivity contribution is 5.88. The van der Waals surface area contributed by atoms with Crippen LogP contribution >= 0.6 is 0 Å². The molecule has 292 valence electrons. The minimum absolute atomic E-state index is 0.123. The van der Waals surface area contributed by atoms with Crippen LogP contribution in [0.15, 0.2) is 39.5 Å². The van der Waals surface area contributed by atoms with E-state index < -0.39 is 133 Å². The smallest absolute Gasteiger partial charge is 0.239 e. The van der Waals surface area contributed by atoms with Crippen molar-refractivity contribution in [2.75, 3.05) is 6.61 Å². The van der Waals surface area contributed by atoms with Crippen molar-refractivity contribution in [3.63, 3.8) is 0 Å². The molecule has 0 aliphatic carbocycles. The Labute approximate surface area is 298 Å². The molecule has 20 heteroatoms. The Morgan fingerprint density at radius 3 is 1.72 bits per heavy atom. The molecule has 0 radical (unpaired) electrons. The molecule has 1 aromatic heterocycles. The van der Waals surface area contributed by atoms with Crippen LogP contribution in [0.3, 0.4) is 0 Å². The zero-order valence-corrected chi connectivity index (χ0v) is 27.9. The molecule has 15 atom stereocenters. The van der Waals surface area contributed by atoms with Crippen LogP contribution in [0.4, 0.5) is 0 Å². The molecule has 2 aromatic carbocycles. The van der Waals surface area contributed by atoms with Gasteiger partial charge in [-0.2, -0.15) is 0 Å². The van der Waals surface area contributed by atoms with E-state index in [1.54, 1.807) is 0 Å². The van der Waals surface area contributed by atoms with Crippen LogP contribution in [0, 0.1) is 0 Å². The number of hydrogen-bond donors (Lipinski definition) is 12. The highest BCUT2D eigenvalue weighted by atomic mass is 16.7. The minimum Gasteiger partial charge on any atom is -0.508 e. The maximum Gasteiger partial charge on any atom is 0.239 e. The molecule has 15 unspecified atom stereocenters. The Balaban J connectivity index is 1.48. The second-order valence-electron chi connectivity index (χ2n) is 13.0. The van der Waals surface area contributed by atoms with Gasteiger partial charge in [-0.25, -0.2) is 0 Å². The molecular weight excluding hydrogens is 716 g/mol. The second-order valence-corrected chi connectivity index (χ2v) is 13.0. The van der Waals surface area contributed by atoms with Gasteiger partial charge in [-0.1, -0.05) is 0 Å². The molecule has 3 aliphatic heterocycles. The average Bonchev–Trinajstić information content (AvgIpc) is 3.12. The third-order valence-electron chi connectivity index (χ3n) is 9.31. The van der Waals surface area contributed by atoms with Gasteiger partial charge < -0.3 is 94.1 Å². The monoisotopic (exact) mass is 756 g/mol. The Hall–Kier alpha value is -3.87. The predicted molar refractivity (Wildman–Crippen MR) is 172 cm³/mol. The second kappa shape index (κ2) is 15.1. The van der Waals surface area contributed by atoms with Crippen molar-refractivity contribution >= 4 is 11.0 Å². The van der Waals surface area contributed by atoms with E-state index in [9.17, 15) is 66.1 Å². The van der Waals surface area contributed by atoms with E-state index in [0.29, 0.717) is 0 Å². The van der Waals surface area contributed by atoms with Crippen molar-refractivity contribution in [3.8, 4) is 40.1 Å². The molecule has 53 heavy (non-hydrogen) atoms. The maximum atomic E-state index is 14.0. The summed E-state index contributed by atoms with van der Waals surface area (Å²) in [7, 11) is 0. The Bertz CT molecular complexity index is 1830. The van der Waals surface area contributed by atoms with E-state index in [0.717, 1.165) is 18.2 Å². The lowest BCUT2D eigenvalue weighted by Gasteiger charge is -2.40. The summed E-state index contributed by atoms with van der Waals surface area (Å²) in [6, 6.07) is 5.40. The van der Waals surface area contributed by atoms with E-state index in [1.807, 2.05) is 0 Å². The molecule has 3 aromatic rings. The average molecular weight is 757 g/mol. The molecule has 3 saturated heterocycles. The summed E-state index contributed by atoms with van der Waals surface area (Å²) < 4.78 is 39.9. The van der Waals surface area contributed by atoms with Gasteiger partial charge in [-0.15, -0.1) is 0 Å². The van der Waals surface area contributed by atoms with Crippen molar-refractivity contribution < 1.29 is 94.1 Å². The lowest BCUT2D eigenvalue weighted by molar-refractivity contribution is -0.277. The van der Waals surface area contributed by atoms with E-state index in [1.165, 1.54) is 26.0 Å². The summed E-state index contributed by atoms with van der Waals surface area (Å²) >= 11 is 0. The molecule has 0 spiro atoms. The van der Waals surface area contributed by atoms with Crippen molar-refractivity contribution in [1.82, 2.24) is 0 Å².